The van der Waals surface area contributed by atoms with Gasteiger partial charge in [0.2, 0.25) is 5.91 Å². The van der Waals surface area contributed by atoms with Crippen molar-refractivity contribution in [2.24, 2.45) is 16.5 Å². The first-order valence-corrected chi connectivity index (χ1v) is 22.6. The predicted octanol–water partition coefficient (Wildman–Crippen LogP) is 8.64. The summed E-state index contributed by atoms with van der Waals surface area (Å²) in [5, 5.41) is 33.7. The smallest absolute Gasteiger partial charge is 0.862 e. The van der Waals surface area contributed by atoms with Gasteiger partial charge in [0.25, 0.3) is 0 Å². The third kappa shape index (κ3) is 48.5. The fourth-order valence-corrected chi connectivity index (χ4v) is 6.40. The van der Waals surface area contributed by atoms with Crippen molar-refractivity contribution in [1.82, 2.24) is 5.32 Å². The molecule has 0 aliphatic heterocycles. The number of aliphatic imine (C=N–C) groups is 1. The molecule has 2 atom stereocenters. The van der Waals surface area contributed by atoms with Gasteiger partial charge in [-0.2, -0.15) is 0 Å². The van der Waals surface area contributed by atoms with Crippen LogP contribution in [0.5, 0.6) is 0 Å². The van der Waals surface area contributed by atoms with E-state index in [1.165, 1.54) is 141 Å². The van der Waals surface area contributed by atoms with Crippen molar-refractivity contribution in [3.05, 3.63) is 0 Å². The predicted molar refractivity (Wildman–Crippen MR) is 222 cm³/mol. The number of hydrogen-bond acceptors (Lipinski definition) is 8. The topological polar surface area (TPSA) is 194 Å². The third-order valence-corrected chi connectivity index (χ3v) is 10.1. The maximum Gasteiger partial charge on any atom is 2.00 e. The first-order chi connectivity index (χ1) is 26.1. The number of unbranched alkanes of at least 4 members (excludes halogenated alkanes) is 26. The molecule has 0 aliphatic rings. The van der Waals surface area contributed by atoms with Crippen LogP contribution in [-0.2, 0) is 33.9 Å². The van der Waals surface area contributed by atoms with Crippen LogP contribution in [0.15, 0.2) is 4.99 Å². The molecule has 0 bridgehead atoms. The number of nitrogens with two attached hydrogens (primary N) is 2. The van der Waals surface area contributed by atoms with Crippen molar-refractivity contribution < 1.29 is 49.2 Å². The number of aliphatic carboxylic acids is 2. The minimum Gasteiger partial charge on any atom is -0.862 e. The first kappa shape index (κ1) is 57.7. The van der Waals surface area contributed by atoms with E-state index in [1.54, 1.807) is 0 Å². The average Bonchev–Trinajstić information content (AvgIpc) is 3.15. The van der Waals surface area contributed by atoms with E-state index >= 15 is 0 Å². The fourth-order valence-electron chi connectivity index (χ4n) is 6.40. The van der Waals surface area contributed by atoms with Crippen LogP contribution in [0.2, 0.25) is 0 Å². The molecule has 10 nitrogen and oxygen atoms in total. The van der Waals surface area contributed by atoms with Gasteiger partial charge in [0.15, 0.2) is 0 Å². The van der Waals surface area contributed by atoms with Crippen molar-refractivity contribution in [2.75, 3.05) is 13.1 Å². The van der Waals surface area contributed by atoms with Gasteiger partial charge in [-0.05, 0) is 63.7 Å². The van der Waals surface area contributed by atoms with E-state index in [0.29, 0.717) is 51.6 Å². The summed E-state index contributed by atoms with van der Waals surface area (Å²) in [5.41, 5.74) is 10.8. The molecule has 55 heavy (non-hydrogen) atoms. The summed E-state index contributed by atoms with van der Waals surface area (Å²) in [6.45, 7) is 5.60. The van der Waals surface area contributed by atoms with Crippen LogP contribution in [0, 0.1) is 0 Å². The Morgan fingerprint density at radius 2 is 0.891 bits per heavy atom. The molecule has 0 fully saturated rings. The summed E-state index contributed by atoms with van der Waals surface area (Å²) in [6.07, 6.45) is 38.7. The Labute approximate surface area is 350 Å². The summed E-state index contributed by atoms with van der Waals surface area (Å²) < 4.78 is 0. The van der Waals surface area contributed by atoms with Crippen LogP contribution in [0.25, 0.3) is 0 Å². The number of carboxylic acid groups (broad SMARTS) is 2. The van der Waals surface area contributed by atoms with Crippen molar-refractivity contribution in [2.45, 2.75) is 244 Å². The number of nitrogens with one attached hydrogen (secondary N) is 1. The summed E-state index contributed by atoms with van der Waals surface area (Å²) in [5.74, 6) is -2.09. The number of amides is 1. The Morgan fingerprint density at radius 1 is 0.527 bits per heavy atom. The number of hydrogen-bond donors (Lipinski definition) is 4. The zero-order chi connectivity index (χ0) is 40.3. The second-order valence-electron chi connectivity index (χ2n) is 15.5. The molecule has 0 aliphatic carbocycles. The molecular weight excluding hydrogens is 746 g/mol. The largest absolute Gasteiger partial charge is 2.00 e. The number of carbonyl (C=O) groups is 3. The Hall–Kier alpha value is -1.58. The van der Waals surface area contributed by atoms with Crippen LogP contribution in [0.4, 0.5) is 0 Å². The quantitative estimate of drug-likeness (QED) is 0.0204. The van der Waals surface area contributed by atoms with E-state index in [2.05, 4.69) is 24.2 Å². The molecule has 0 aromatic rings. The van der Waals surface area contributed by atoms with Crippen LogP contribution in [0.1, 0.15) is 232 Å². The molecule has 0 saturated heterocycles. The molecule has 0 aromatic heterocycles. The minimum absolute atomic E-state index is 0. The molecule has 0 unspecified atom stereocenters. The number of carboxylic acids is 2. The Balaban J connectivity index is -0.000000966. The Kier molecular flexibility index (Phi) is 49.1. The number of carbonyl (C=O) groups excluding carboxylic acids is 2. The van der Waals surface area contributed by atoms with Gasteiger partial charge in [0.05, 0.1) is 5.97 Å². The second kappa shape index (κ2) is 46.8. The van der Waals surface area contributed by atoms with Gasteiger partial charge in [0.1, 0.15) is 6.04 Å². The van der Waals surface area contributed by atoms with Crippen LogP contribution >= 0.6 is 0 Å². The average molecular weight is 833 g/mol. The summed E-state index contributed by atoms with van der Waals surface area (Å²) >= 11 is 0. The standard InChI is InChI=1S/2C22H44N2O3.Zn/c2*1-2-3-4-5-6-7-8-9-10-11-12-13-14-18-21(25)24-19-16-15-17-20(23)22(26)27;/h2*20H,2-19,23H2,1H3,(H,24,25)(H,26,27);/q;;+2/p-2/t2*20-;/m00./s1. The van der Waals surface area contributed by atoms with E-state index in [9.17, 15) is 24.6 Å². The first-order valence-electron chi connectivity index (χ1n) is 22.6. The molecule has 0 radical (unpaired) electrons. The van der Waals surface area contributed by atoms with Crippen LogP contribution in [0.3, 0.4) is 0 Å². The van der Waals surface area contributed by atoms with E-state index in [0.717, 1.165) is 38.5 Å². The van der Waals surface area contributed by atoms with Crippen LogP contribution in [-0.4, -0.2) is 54.0 Å². The molecule has 0 spiro atoms. The van der Waals surface area contributed by atoms with Gasteiger partial charge < -0.3 is 41.9 Å². The maximum atomic E-state index is 11.7. The van der Waals surface area contributed by atoms with Gasteiger partial charge in [0, 0.05) is 25.6 Å². The van der Waals surface area contributed by atoms with E-state index in [4.69, 9.17) is 16.6 Å². The van der Waals surface area contributed by atoms with Crippen molar-refractivity contribution in [1.29, 1.82) is 0 Å². The maximum absolute atomic E-state index is 11.7. The van der Waals surface area contributed by atoms with Crippen LogP contribution < -0.4 is 27.0 Å². The molecule has 1 amide bonds. The van der Waals surface area contributed by atoms with E-state index < -0.39 is 24.0 Å². The Bertz CT molecular complexity index is 879. The fraction of sp³-hybridized carbons (Fsp3) is 0.909. The molecule has 320 valence electrons. The number of nitrogens with zero attached hydrogens (tertiary/aromatic N) is 1. The van der Waals surface area contributed by atoms with Gasteiger partial charge in [-0.3, -0.25) is 9.59 Å². The summed E-state index contributed by atoms with van der Waals surface area (Å²) in [6, 6.07) is -1.70. The molecule has 0 saturated carbocycles. The molecule has 0 aromatic carbocycles. The molecular formula is C44H86N4O6Zn. The monoisotopic (exact) mass is 831 g/mol. The van der Waals surface area contributed by atoms with Gasteiger partial charge in [-0.1, -0.05) is 168 Å². The zero-order valence-electron chi connectivity index (χ0n) is 35.9. The van der Waals surface area contributed by atoms with Gasteiger partial charge in [-0.25, -0.2) is 0 Å². The van der Waals surface area contributed by atoms with Crippen molar-refractivity contribution in [3.63, 3.8) is 0 Å². The van der Waals surface area contributed by atoms with Gasteiger partial charge >= 0.3 is 25.4 Å². The number of rotatable bonds is 40. The van der Waals surface area contributed by atoms with Crippen molar-refractivity contribution >= 4 is 23.7 Å². The third-order valence-electron chi connectivity index (χ3n) is 10.1. The van der Waals surface area contributed by atoms with Gasteiger partial charge in [-0.15, -0.1) is 0 Å². The normalized spacial score (nSPS) is 12.3. The Morgan fingerprint density at radius 3 is 1.29 bits per heavy atom. The summed E-state index contributed by atoms with van der Waals surface area (Å²) in [4.78, 5) is 36.8. The molecule has 0 heterocycles. The van der Waals surface area contributed by atoms with Crippen molar-refractivity contribution in [3.8, 4) is 0 Å². The van der Waals surface area contributed by atoms with E-state index in [-0.39, 0.29) is 31.3 Å². The molecule has 0 rings (SSSR count). The zero-order valence-corrected chi connectivity index (χ0v) is 38.9. The van der Waals surface area contributed by atoms with E-state index in [1.807, 2.05) is 0 Å². The minimum atomic E-state index is -1.22. The second-order valence-corrected chi connectivity index (χ2v) is 15.5. The molecule has 6 N–H and O–H groups in total. The molecule has 11 heteroatoms. The SMILES string of the molecule is CCCCCCCCCCCCCCCC(=O)NCCCC[C@H](N)C(=O)O.CCCCCCCCCCCCCCCC([O-])=NCCCC[C@H](N)C(=O)[O-].[Zn+2]. The summed E-state index contributed by atoms with van der Waals surface area (Å²) in [7, 11) is 0.